The number of hydrogen-bond acceptors (Lipinski definition) is 6. The van der Waals surface area contributed by atoms with Gasteiger partial charge in [0.05, 0.1) is 26.0 Å². The molecule has 2 fully saturated rings. The number of methoxy groups -OCH3 is 1. The number of aliphatic hydroxyl groups is 1. The molecule has 1 aromatic heterocycles. The van der Waals surface area contributed by atoms with Gasteiger partial charge in [0.25, 0.3) is 5.91 Å². The van der Waals surface area contributed by atoms with Crippen LogP contribution in [0.15, 0.2) is 48.5 Å². The molecular weight excluding hydrogens is 458 g/mol. The molecule has 0 saturated heterocycles. The molecule has 1 amide bonds. The maximum Gasteiger partial charge on any atom is 0.359 e. The van der Waals surface area contributed by atoms with E-state index >= 15 is 0 Å². The molecule has 1 aliphatic heterocycles. The number of carbonyl (C=O) groups excluding carboxylic acids is 2. The molecule has 2 saturated carbocycles. The molecular formula is C28H29N3O5. The van der Waals surface area contributed by atoms with Crippen molar-refractivity contribution in [3.8, 4) is 11.4 Å². The number of hydrogen-bond donors (Lipinski definition) is 1. The van der Waals surface area contributed by atoms with Crippen molar-refractivity contribution in [3.63, 3.8) is 0 Å². The maximum atomic E-state index is 14.0. The average Bonchev–Trinajstić information content (AvgIpc) is 3.83. The number of fused-ring (bicyclic) bond motifs is 2. The van der Waals surface area contributed by atoms with Gasteiger partial charge < -0.3 is 19.5 Å². The van der Waals surface area contributed by atoms with E-state index in [2.05, 4.69) is 5.10 Å². The predicted molar refractivity (Wildman–Crippen MR) is 133 cm³/mol. The summed E-state index contributed by atoms with van der Waals surface area (Å²) in [4.78, 5) is 28.8. The summed E-state index contributed by atoms with van der Waals surface area (Å²) < 4.78 is 12.2. The summed E-state index contributed by atoms with van der Waals surface area (Å²) in [6.45, 7) is 2.62. The van der Waals surface area contributed by atoms with E-state index in [1.807, 2.05) is 36.4 Å². The quantitative estimate of drug-likeness (QED) is 0.510. The van der Waals surface area contributed by atoms with Crippen molar-refractivity contribution in [1.82, 2.24) is 9.78 Å². The van der Waals surface area contributed by atoms with Gasteiger partial charge in [0, 0.05) is 28.6 Å². The molecule has 3 aliphatic rings. The lowest BCUT2D eigenvalue weighted by atomic mass is 9.88. The van der Waals surface area contributed by atoms with Crippen LogP contribution >= 0.6 is 0 Å². The lowest BCUT2D eigenvalue weighted by molar-refractivity contribution is 0.0516. The minimum Gasteiger partial charge on any atom is -0.497 e. The fourth-order valence-corrected chi connectivity index (χ4v) is 5.40. The molecule has 0 unspecified atom stereocenters. The van der Waals surface area contributed by atoms with Crippen LogP contribution in [0.5, 0.6) is 5.75 Å². The van der Waals surface area contributed by atoms with Gasteiger partial charge in [-0.1, -0.05) is 12.1 Å². The maximum absolute atomic E-state index is 14.0. The van der Waals surface area contributed by atoms with Crippen LogP contribution in [0.1, 0.15) is 64.7 Å². The van der Waals surface area contributed by atoms with Crippen molar-refractivity contribution in [3.05, 3.63) is 71.0 Å². The van der Waals surface area contributed by atoms with Gasteiger partial charge in [-0.3, -0.25) is 4.79 Å². The Kier molecular flexibility index (Phi) is 5.19. The first-order chi connectivity index (χ1) is 17.4. The van der Waals surface area contributed by atoms with Gasteiger partial charge in [-0.25, -0.2) is 9.48 Å². The molecule has 6 rings (SSSR count). The Morgan fingerprint density at radius 1 is 1.03 bits per heavy atom. The van der Waals surface area contributed by atoms with Gasteiger partial charge >= 0.3 is 5.97 Å². The highest BCUT2D eigenvalue weighted by atomic mass is 16.5. The van der Waals surface area contributed by atoms with Crippen LogP contribution in [0.3, 0.4) is 0 Å². The van der Waals surface area contributed by atoms with Crippen LogP contribution in [0.4, 0.5) is 5.69 Å². The fourth-order valence-electron chi connectivity index (χ4n) is 5.40. The van der Waals surface area contributed by atoms with Gasteiger partial charge in [-0.2, -0.15) is 5.10 Å². The van der Waals surface area contributed by atoms with Crippen LogP contribution in [0, 0.1) is 0 Å². The van der Waals surface area contributed by atoms with Gasteiger partial charge in [-0.15, -0.1) is 0 Å². The number of aromatic nitrogens is 2. The Morgan fingerprint density at radius 2 is 1.69 bits per heavy atom. The smallest absolute Gasteiger partial charge is 0.359 e. The summed E-state index contributed by atoms with van der Waals surface area (Å²) in [5, 5.41) is 14.4. The molecule has 36 heavy (non-hydrogen) atoms. The molecule has 0 atom stereocenters. The largest absolute Gasteiger partial charge is 0.497 e. The Labute approximate surface area is 209 Å². The van der Waals surface area contributed by atoms with Crippen molar-refractivity contribution in [1.29, 1.82) is 0 Å². The third-order valence-corrected chi connectivity index (χ3v) is 7.91. The van der Waals surface area contributed by atoms with E-state index < -0.39 is 5.97 Å². The second kappa shape index (κ2) is 8.20. The van der Waals surface area contributed by atoms with Crippen molar-refractivity contribution >= 4 is 17.6 Å². The topological polar surface area (TPSA) is 93.9 Å². The van der Waals surface area contributed by atoms with E-state index in [-0.39, 0.29) is 35.6 Å². The third-order valence-electron chi connectivity index (χ3n) is 7.91. The number of rotatable bonds is 7. The van der Waals surface area contributed by atoms with Gasteiger partial charge in [0.1, 0.15) is 11.4 Å². The zero-order valence-electron chi connectivity index (χ0n) is 20.5. The summed E-state index contributed by atoms with van der Waals surface area (Å²) in [6, 6.07) is 15.2. The second-order valence-corrected chi connectivity index (χ2v) is 10.1. The first kappa shape index (κ1) is 22.8. The number of carbonyl (C=O) groups is 2. The molecule has 8 heteroatoms. The number of nitrogens with zero attached hydrogens (tertiary/aromatic N) is 3. The van der Waals surface area contributed by atoms with Crippen molar-refractivity contribution < 1.29 is 24.2 Å². The van der Waals surface area contributed by atoms with Gasteiger partial charge in [0.15, 0.2) is 5.69 Å². The molecule has 8 nitrogen and oxygen atoms in total. The van der Waals surface area contributed by atoms with E-state index in [0.29, 0.717) is 29.2 Å². The summed E-state index contributed by atoms with van der Waals surface area (Å²) in [7, 11) is 1.60. The Bertz CT molecular complexity index is 1330. The molecule has 2 aliphatic carbocycles. The van der Waals surface area contributed by atoms with Crippen LogP contribution in [-0.4, -0.2) is 53.6 Å². The van der Waals surface area contributed by atoms with Crippen molar-refractivity contribution in [2.75, 3.05) is 31.8 Å². The Morgan fingerprint density at radius 3 is 2.25 bits per heavy atom. The SMILES string of the molecule is CCOC(=O)c1nn(-c2ccc(OC)cc2)c2c1C1(CC1)CN(c1ccc(C3(CO)CC3)cc1)C2=O. The highest BCUT2D eigenvalue weighted by molar-refractivity contribution is 6.10. The number of aliphatic hydroxyl groups excluding tert-OH is 1. The minimum atomic E-state index is -0.503. The van der Waals surface area contributed by atoms with Gasteiger partial charge in [0.2, 0.25) is 0 Å². The summed E-state index contributed by atoms with van der Waals surface area (Å²) in [6.07, 6.45) is 3.71. The molecule has 1 spiro atoms. The van der Waals surface area contributed by atoms with E-state index in [1.54, 1.807) is 35.7 Å². The highest BCUT2D eigenvalue weighted by Gasteiger charge is 2.56. The predicted octanol–water partition coefficient (Wildman–Crippen LogP) is 3.77. The van der Waals surface area contributed by atoms with E-state index in [9.17, 15) is 14.7 Å². The normalized spacial score (nSPS) is 18.6. The molecule has 3 aromatic rings. The summed E-state index contributed by atoms with van der Waals surface area (Å²) >= 11 is 0. The van der Waals surface area contributed by atoms with Gasteiger partial charge in [-0.05, 0) is 74.6 Å². The number of amides is 1. The van der Waals surface area contributed by atoms with E-state index in [4.69, 9.17) is 9.47 Å². The van der Waals surface area contributed by atoms with E-state index in [1.165, 1.54) is 0 Å². The lowest BCUT2D eigenvalue weighted by Gasteiger charge is -2.33. The fraction of sp³-hybridized carbons (Fsp3) is 0.393. The highest BCUT2D eigenvalue weighted by Crippen LogP contribution is 2.55. The molecule has 0 radical (unpaired) electrons. The van der Waals surface area contributed by atoms with Crippen molar-refractivity contribution in [2.45, 2.75) is 43.4 Å². The average molecular weight is 488 g/mol. The second-order valence-electron chi connectivity index (χ2n) is 10.1. The standard InChI is InChI=1S/C28H29N3O5/c1-3-36-26(34)23-22-24(31(29-23)20-8-10-21(35-2)11-9-20)25(33)30(16-27(22)12-13-27)19-6-4-18(5-7-19)28(17-32)14-15-28/h4-11,32H,3,12-17H2,1-2H3. The number of anilines is 1. The third kappa shape index (κ3) is 3.43. The monoisotopic (exact) mass is 487 g/mol. The molecule has 2 aromatic carbocycles. The molecule has 0 bridgehead atoms. The molecule has 1 N–H and O–H groups in total. The number of esters is 1. The Balaban J connectivity index is 1.45. The summed E-state index contributed by atoms with van der Waals surface area (Å²) in [5.41, 5.74) is 3.46. The van der Waals surface area contributed by atoms with E-state index in [0.717, 1.165) is 36.9 Å². The number of benzene rings is 2. The first-order valence-corrected chi connectivity index (χ1v) is 12.4. The first-order valence-electron chi connectivity index (χ1n) is 12.4. The summed E-state index contributed by atoms with van der Waals surface area (Å²) in [5.74, 6) is -0.0116. The minimum absolute atomic E-state index is 0.128. The van der Waals surface area contributed by atoms with Crippen LogP contribution < -0.4 is 9.64 Å². The zero-order chi connectivity index (χ0) is 25.1. The van der Waals surface area contributed by atoms with Crippen LogP contribution in [0.2, 0.25) is 0 Å². The zero-order valence-corrected chi connectivity index (χ0v) is 20.5. The number of ether oxygens (including phenoxy) is 2. The van der Waals surface area contributed by atoms with Crippen LogP contribution in [-0.2, 0) is 15.6 Å². The Hall–Kier alpha value is -3.65. The molecule has 186 valence electrons. The molecule has 2 heterocycles. The lowest BCUT2D eigenvalue weighted by Crippen LogP contribution is -2.44. The van der Waals surface area contributed by atoms with Crippen LogP contribution in [0.25, 0.3) is 5.69 Å². The van der Waals surface area contributed by atoms with Crippen molar-refractivity contribution in [2.24, 2.45) is 0 Å².